The summed E-state index contributed by atoms with van der Waals surface area (Å²) in [6.45, 7) is 0.836. The van der Waals surface area contributed by atoms with Gasteiger partial charge in [0.25, 0.3) is 0 Å². The number of halogens is 2. The maximum absolute atomic E-state index is 6.12. The third-order valence-electron chi connectivity index (χ3n) is 3.62. The number of hydrogen-bond acceptors (Lipinski definition) is 2. The molecule has 0 aliphatic carbocycles. The number of hydrogen-bond donors (Lipinski definition) is 0. The van der Waals surface area contributed by atoms with Gasteiger partial charge in [-0.3, -0.25) is 4.68 Å². The van der Waals surface area contributed by atoms with Crippen LogP contribution in [0.1, 0.15) is 11.5 Å². The maximum atomic E-state index is 6.12. The fourth-order valence-corrected chi connectivity index (χ4v) is 2.88. The average Bonchev–Trinajstić information content (AvgIpc) is 3.01. The Morgan fingerprint density at radius 3 is 2.76 bits per heavy atom. The van der Waals surface area contributed by atoms with Crippen LogP contribution in [0.3, 0.4) is 0 Å². The molecule has 0 fully saturated rings. The summed E-state index contributed by atoms with van der Waals surface area (Å²) in [5, 5.41) is 4.93. The summed E-state index contributed by atoms with van der Waals surface area (Å²) in [4.78, 5) is 4.66. The largest absolute Gasteiger partial charge is 0.328 e. The van der Waals surface area contributed by atoms with E-state index in [1.54, 1.807) is 0 Å². The number of rotatable bonds is 5. The van der Waals surface area contributed by atoms with Gasteiger partial charge in [-0.05, 0) is 24.3 Å². The van der Waals surface area contributed by atoms with Crippen LogP contribution in [-0.4, -0.2) is 25.2 Å². The van der Waals surface area contributed by atoms with Crippen LogP contribution in [0.2, 0.25) is 5.02 Å². The number of alkyl halides is 1. The van der Waals surface area contributed by atoms with Crippen molar-refractivity contribution in [3.8, 4) is 0 Å². The SMILES string of the molecule is Cn1nccc1CCn1c(CCCl)nc2ccc(Cl)cc21. The minimum absolute atomic E-state index is 0.558. The molecule has 6 heteroatoms. The Labute approximate surface area is 133 Å². The minimum Gasteiger partial charge on any atom is -0.328 e. The fraction of sp³-hybridized carbons (Fsp3) is 0.333. The lowest BCUT2D eigenvalue weighted by molar-refractivity contribution is 0.628. The fourth-order valence-electron chi connectivity index (χ4n) is 2.54. The highest BCUT2D eigenvalue weighted by Gasteiger charge is 2.11. The number of aryl methyl sites for hydroxylation is 4. The van der Waals surface area contributed by atoms with Crippen LogP contribution < -0.4 is 0 Å². The Hall–Kier alpha value is -1.52. The van der Waals surface area contributed by atoms with E-state index >= 15 is 0 Å². The molecule has 0 bridgehead atoms. The molecule has 21 heavy (non-hydrogen) atoms. The molecular formula is C15H16Cl2N4. The Balaban J connectivity index is 1.96. The molecule has 3 rings (SSSR count). The van der Waals surface area contributed by atoms with Crippen molar-refractivity contribution >= 4 is 34.2 Å². The molecule has 0 spiro atoms. The Bertz CT molecular complexity index is 760. The van der Waals surface area contributed by atoms with E-state index in [1.807, 2.05) is 42.2 Å². The molecule has 0 N–H and O–H groups in total. The van der Waals surface area contributed by atoms with Gasteiger partial charge in [0.1, 0.15) is 5.82 Å². The van der Waals surface area contributed by atoms with Crippen LogP contribution >= 0.6 is 23.2 Å². The molecule has 1 aromatic carbocycles. The number of fused-ring (bicyclic) bond motifs is 1. The van der Waals surface area contributed by atoms with E-state index in [9.17, 15) is 0 Å². The zero-order chi connectivity index (χ0) is 14.8. The third kappa shape index (κ3) is 2.92. The van der Waals surface area contributed by atoms with Crippen molar-refractivity contribution in [2.45, 2.75) is 19.4 Å². The summed E-state index contributed by atoms with van der Waals surface area (Å²) in [6, 6.07) is 7.82. The second kappa shape index (κ2) is 6.08. The van der Waals surface area contributed by atoms with Gasteiger partial charge in [0.15, 0.2) is 0 Å². The predicted octanol–water partition coefficient (Wildman–Crippen LogP) is 3.45. The normalized spacial score (nSPS) is 11.4. The van der Waals surface area contributed by atoms with Crippen molar-refractivity contribution in [1.82, 2.24) is 19.3 Å². The highest BCUT2D eigenvalue weighted by molar-refractivity contribution is 6.31. The molecule has 0 amide bonds. The molecular weight excluding hydrogens is 307 g/mol. The van der Waals surface area contributed by atoms with E-state index in [0.29, 0.717) is 5.88 Å². The van der Waals surface area contributed by atoms with Crippen molar-refractivity contribution in [3.63, 3.8) is 0 Å². The van der Waals surface area contributed by atoms with E-state index in [-0.39, 0.29) is 0 Å². The molecule has 0 aliphatic heterocycles. The van der Waals surface area contributed by atoms with Gasteiger partial charge in [-0.1, -0.05) is 11.6 Å². The summed E-state index contributed by atoms with van der Waals surface area (Å²) >= 11 is 12.0. The molecule has 3 aromatic rings. The molecule has 0 unspecified atom stereocenters. The number of nitrogens with zero attached hydrogens (tertiary/aromatic N) is 4. The van der Waals surface area contributed by atoms with E-state index < -0.39 is 0 Å². The summed E-state index contributed by atoms with van der Waals surface area (Å²) in [5.41, 5.74) is 3.21. The first-order chi connectivity index (χ1) is 10.2. The van der Waals surface area contributed by atoms with Crippen molar-refractivity contribution in [3.05, 3.63) is 47.0 Å². The van der Waals surface area contributed by atoms with Crippen LogP contribution in [0.15, 0.2) is 30.5 Å². The van der Waals surface area contributed by atoms with Gasteiger partial charge in [-0.15, -0.1) is 11.6 Å². The molecule has 2 aromatic heterocycles. The van der Waals surface area contributed by atoms with Crippen LogP contribution in [0, 0.1) is 0 Å². The summed E-state index contributed by atoms with van der Waals surface area (Å²) in [5.74, 6) is 1.56. The molecule has 0 saturated heterocycles. The Morgan fingerprint density at radius 1 is 1.19 bits per heavy atom. The monoisotopic (exact) mass is 322 g/mol. The van der Waals surface area contributed by atoms with Gasteiger partial charge in [0.2, 0.25) is 0 Å². The quantitative estimate of drug-likeness (QED) is 0.674. The Morgan fingerprint density at radius 2 is 2.05 bits per heavy atom. The lowest BCUT2D eigenvalue weighted by atomic mass is 10.2. The molecule has 4 nitrogen and oxygen atoms in total. The molecule has 0 radical (unpaired) electrons. The maximum Gasteiger partial charge on any atom is 0.111 e. The minimum atomic E-state index is 0.558. The first-order valence-electron chi connectivity index (χ1n) is 6.86. The number of benzene rings is 1. The van der Waals surface area contributed by atoms with Crippen molar-refractivity contribution in [2.24, 2.45) is 7.05 Å². The lowest BCUT2D eigenvalue weighted by Crippen LogP contribution is -2.09. The summed E-state index contributed by atoms with van der Waals surface area (Å²) in [7, 11) is 1.96. The third-order valence-corrected chi connectivity index (χ3v) is 4.05. The zero-order valence-electron chi connectivity index (χ0n) is 11.8. The molecule has 0 saturated carbocycles. The van der Waals surface area contributed by atoms with E-state index in [2.05, 4.69) is 14.6 Å². The van der Waals surface area contributed by atoms with Crippen molar-refractivity contribution in [1.29, 1.82) is 0 Å². The number of imidazole rings is 1. The zero-order valence-corrected chi connectivity index (χ0v) is 13.3. The molecule has 2 heterocycles. The van der Waals surface area contributed by atoms with E-state index in [4.69, 9.17) is 23.2 Å². The van der Waals surface area contributed by atoms with Gasteiger partial charge in [-0.2, -0.15) is 5.10 Å². The van der Waals surface area contributed by atoms with Crippen LogP contribution in [0.4, 0.5) is 0 Å². The molecule has 110 valence electrons. The molecule has 0 atom stereocenters. The van der Waals surface area contributed by atoms with Gasteiger partial charge in [-0.25, -0.2) is 4.98 Å². The first-order valence-corrected chi connectivity index (χ1v) is 7.78. The summed E-state index contributed by atoms with van der Waals surface area (Å²) in [6.07, 6.45) is 3.46. The van der Waals surface area contributed by atoms with E-state index in [0.717, 1.165) is 41.3 Å². The highest BCUT2D eigenvalue weighted by atomic mass is 35.5. The number of aromatic nitrogens is 4. The topological polar surface area (TPSA) is 35.6 Å². The predicted molar refractivity (Wildman–Crippen MR) is 86.1 cm³/mol. The Kier molecular flexibility index (Phi) is 4.17. The van der Waals surface area contributed by atoms with Crippen LogP contribution in [0.25, 0.3) is 11.0 Å². The second-order valence-electron chi connectivity index (χ2n) is 4.95. The van der Waals surface area contributed by atoms with Gasteiger partial charge in [0, 0.05) is 49.2 Å². The standard InChI is InChI=1S/C15H16Cl2N4/c1-20-12(5-8-18-20)6-9-21-14-10-11(17)2-3-13(14)19-15(21)4-7-16/h2-3,5,8,10H,4,6-7,9H2,1H3. The van der Waals surface area contributed by atoms with E-state index in [1.165, 1.54) is 5.69 Å². The van der Waals surface area contributed by atoms with Crippen LogP contribution in [0.5, 0.6) is 0 Å². The van der Waals surface area contributed by atoms with Gasteiger partial charge in [0.05, 0.1) is 11.0 Å². The van der Waals surface area contributed by atoms with Crippen molar-refractivity contribution < 1.29 is 0 Å². The lowest BCUT2D eigenvalue weighted by Gasteiger charge is -2.09. The highest BCUT2D eigenvalue weighted by Crippen LogP contribution is 2.22. The second-order valence-corrected chi connectivity index (χ2v) is 5.76. The molecule has 0 aliphatic rings. The van der Waals surface area contributed by atoms with Crippen LogP contribution in [-0.2, 0) is 26.4 Å². The van der Waals surface area contributed by atoms with Gasteiger partial charge < -0.3 is 4.57 Å². The first kappa shape index (κ1) is 14.4. The van der Waals surface area contributed by atoms with Gasteiger partial charge >= 0.3 is 0 Å². The average molecular weight is 323 g/mol. The van der Waals surface area contributed by atoms with Crippen molar-refractivity contribution in [2.75, 3.05) is 5.88 Å². The smallest absolute Gasteiger partial charge is 0.111 e. The summed E-state index contributed by atoms with van der Waals surface area (Å²) < 4.78 is 4.10.